The Kier molecular flexibility index (Phi) is 5.06. The maximum atomic E-state index is 14.3. The lowest BCUT2D eigenvalue weighted by molar-refractivity contribution is 0.584. The topological polar surface area (TPSA) is 37.4 Å². The highest BCUT2D eigenvalue weighted by atomic mass is 35.5. The summed E-state index contributed by atoms with van der Waals surface area (Å²) < 4.78 is 41.6. The minimum atomic E-state index is -3.96. The maximum absolute atomic E-state index is 14.3. The predicted octanol–water partition coefficient (Wildman–Crippen LogP) is 4.87. The molecule has 0 heterocycles. The number of benzene rings is 3. The zero-order valence-electron chi connectivity index (χ0n) is 13.1. The molecule has 0 unspecified atom stereocenters. The molecule has 0 aliphatic heterocycles. The van der Waals surface area contributed by atoms with Crippen LogP contribution in [0.4, 0.5) is 10.1 Å². The van der Waals surface area contributed by atoms with E-state index in [0.29, 0.717) is 10.6 Å². The highest BCUT2D eigenvalue weighted by Gasteiger charge is 2.27. The van der Waals surface area contributed by atoms with Crippen molar-refractivity contribution in [2.75, 3.05) is 4.31 Å². The van der Waals surface area contributed by atoms with Crippen molar-refractivity contribution in [3.05, 3.63) is 95.3 Å². The van der Waals surface area contributed by atoms with Gasteiger partial charge in [-0.1, -0.05) is 60.1 Å². The molecule has 6 heteroatoms. The molecule has 0 aliphatic rings. The molecular weight excluding hydrogens is 361 g/mol. The lowest BCUT2D eigenvalue weighted by Gasteiger charge is -2.25. The van der Waals surface area contributed by atoms with E-state index in [0.717, 1.165) is 4.31 Å². The highest BCUT2D eigenvalue weighted by molar-refractivity contribution is 7.92. The number of rotatable bonds is 5. The van der Waals surface area contributed by atoms with Crippen molar-refractivity contribution in [2.45, 2.75) is 11.4 Å². The van der Waals surface area contributed by atoms with E-state index in [1.165, 1.54) is 30.3 Å². The molecule has 0 aliphatic carbocycles. The number of anilines is 1. The van der Waals surface area contributed by atoms with Gasteiger partial charge in [-0.15, -0.1) is 0 Å². The third kappa shape index (κ3) is 3.67. The fraction of sp³-hybridized carbons (Fsp3) is 0.0526. The van der Waals surface area contributed by atoms with Gasteiger partial charge in [-0.25, -0.2) is 12.8 Å². The van der Waals surface area contributed by atoms with Crippen LogP contribution in [0.25, 0.3) is 0 Å². The number of para-hydroxylation sites is 1. The van der Waals surface area contributed by atoms with E-state index in [1.54, 1.807) is 48.5 Å². The summed E-state index contributed by atoms with van der Waals surface area (Å²) in [7, 11) is -3.96. The monoisotopic (exact) mass is 375 g/mol. The zero-order chi connectivity index (χ0) is 17.9. The Balaban J connectivity index is 2.13. The molecule has 0 amide bonds. The lowest BCUT2D eigenvalue weighted by atomic mass is 10.2. The normalized spacial score (nSPS) is 11.3. The first-order valence-electron chi connectivity index (χ1n) is 7.56. The molecule has 3 nitrogen and oxygen atoms in total. The van der Waals surface area contributed by atoms with Crippen LogP contribution >= 0.6 is 11.6 Å². The smallest absolute Gasteiger partial charge is 0.259 e. The standard InChI is InChI=1S/C19H15ClFNO2S/c20-17-11-5-4-8-15(17)14-22(19-13-7-6-12-18(19)21)25(23,24)16-9-2-1-3-10-16/h1-13H,14H2. The van der Waals surface area contributed by atoms with Crippen LogP contribution in [-0.4, -0.2) is 8.42 Å². The summed E-state index contributed by atoms with van der Waals surface area (Å²) in [5.74, 6) is -0.617. The first-order chi connectivity index (χ1) is 12.0. The minimum Gasteiger partial charge on any atom is -0.259 e. The molecule has 0 fully saturated rings. The van der Waals surface area contributed by atoms with Gasteiger partial charge in [0.15, 0.2) is 0 Å². The van der Waals surface area contributed by atoms with E-state index < -0.39 is 15.8 Å². The summed E-state index contributed by atoms with van der Waals surface area (Å²) in [6.45, 7) is -0.0716. The maximum Gasteiger partial charge on any atom is 0.264 e. The largest absolute Gasteiger partial charge is 0.264 e. The molecule has 0 bridgehead atoms. The molecule has 0 radical (unpaired) electrons. The molecule has 3 aromatic rings. The van der Waals surface area contributed by atoms with Crippen molar-refractivity contribution >= 4 is 27.3 Å². The molecule has 3 aromatic carbocycles. The summed E-state index contributed by atoms with van der Waals surface area (Å²) in [5.41, 5.74) is 0.568. The van der Waals surface area contributed by atoms with E-state index in [4.69, 9.17) is 11.6 Å². The van der Waals surface area contributed by atoms with Crippen LogP contribution in [0.3, 0.4) is 0 Å². The Morgan fingerprint density at radius 2 is 1.44 bits per heavy atom. The van der Waals surface area contributed by atoms with Gasteiger partial charge in [-0.2, -0.15) is 0 Å². The summed E-state index contributed by atoms with van der Waals surface area (Å²) in [6, 6.07) is 20.6. The van der Waals surface area contributed by atoms with Crippen molar-refractivity contribution in [2.24, 2.45) is 0 Å². The lowest BCUT2D eigenvalue weighted by Crippen LogP contribution is -2.31. The predicted molar refractivity (Wildman–Crippen MR) is 97.7 cm³/mol. The Labute approximate surface area is 151 Å². The summed E-state index contributed by atoms with van der Waals surface area (Å²) in [6.07, 6.45) is 0. The molecule has 0 N–H and O–H groups in total. The number of nitrogens with zero attached hydrogens (tertiary/aromatic N) is 1. The van der Waals surface area contributed by atoms with Gasteiger partial charge in [-0.3, -0.25) is 4.31 Å². The molecule has 3 rings (SSSR count). The van der Waals surface area contributed by atoms with Crippen molar-refractivity contribution in [3.63, 3.8) is 0 Å². The van der Waals surface area contributed by atoms with Crippen molar-refractivity contribution < 1.29 is 12.8 Å². The molecular formula is C19H15ClFNO2S. The molecule has 25 heavy (non-hydrogen) atoms. The van der Waals surface area contributed by atoms with Crippen molar-refractivity contribution in [1.82, 2.24) is 0 Å². The third-order valence-corrected chi connectivity index (χ3v) is 5.87. The molecule has 0 spiro atoms. The van der Waals surface area contributed by atoms with Gasteiger partial charge in [0.1, 0.15) is 5.82 Å². The SMILES string of the molecule is O=S(=O)(c1ccccc1)N(Cc1ccccc1Cl)c1ccccc1F. The molecule has 128 valence electrons. The molecule has 0 atom stereocenters. The van der Waals surface area contributed by atoms with E-state index in [1.807, 2.05) is 0 Å². The van der Waals surface area contributed by atoms with Crippen LogP contribution < -0.4 is 4.31 Å². The van der Waals surface area contributed by atoms with Crippen LogP contribution in [0.2, 0.25) is 5.02 Å². The van der Waals surface area contributed by atoms with E-state index in [2.05, 4.69) is 0 Å². The quantitative estimate of drug-likeness (QED) is 0.637. The summed E-state index contributed by atoms with van der Waals surface area (Å²) >= 11 is 6.18. The van der Waals surface area contributed by atoms with Crippen LogP contribution in [0.1, 0.15) is 5.56 Å². The minimum absolute atomic E-state index is 0.0220. The average Bonchev–Trinajstić information content (AvgIpc) is 2.62. The number of sulfonamides is 1. The van der Waals surface area contributed by atoms with E-state index in [9.17, 15) is 12.8 Å². The second kappa shape index (κ2) is 7.25. The second-order valence-corrected chi connectivity index (χ2v) is 7.64. The average molecular weight is 376 g/mol. The molecule has 0 saturated carbocycles. The van der Waals surface area contributed by atoms with Gasteiger partial charge < -0.3 is 0 Å². The highest BCUT2D eigenvalue weighted by Crippen LogP contribution is 2.29. The zero-order valence-corrected chi connectivity index (χ0v) is 14.7. The van der Waals surface area contributed by atoms with E-state index >= 15 is 0 Å². The molecule has 0 saturated heterocycles. The van der Waals surface area contributed by atoms with Crippen molar-refractivity contribution in [1.29, 1.82) is 0 Å². The fourth-order valence-electron chi connectivity index (χ4n) is 2.45. The Hall–Kier alpha value is -2.37. The van der Waals surface area contributed by atoms with E-state index in [-0.39, 0.29) is 17.1 Å². The molecule has 0 aromatic heterocycles. The number of hydrogen-bond acceptors (Lipinski definition) is 2. The first kappa shape index (κ1) is 17.5. The summed E-state index contributed by atoms with van der Waals surface area (Å²) in [4.78, 5) is 0.0882. The van der Waals surface area contributed by atoms with Crippen LogP contribution in [0.5, 0.6) is 0 Å². The Morgan fingerprint density at radius 3 is 2.12 bits per heavy atom. The van der Waals surface area contributed by atoms with Crippen LogP contribution in [-0.2, 0) is 16.6 Å². The van der Waals surface area contributed by atoms with Crippen molar-refractivity contribution in [3.8, 4) is 0 Å². The van der Waals surface area contributed by atoms with Crippen LogP contribution in [0, 0.1) is 5.82 Å². The van der Waals surface area contributed by atoms with Gasteiger partial charge in [0.25, 0.3) is 10.0 Å². The summed E-state index contributed by atoms with van der Waals surface area (Å²) in [5, 5.41) is 0.423. The Bertz CT molecular complexity index is 977. The van der Waals surface area contributed by atoms with Gasteiger partial charge in [0.2, 0.25) is 0 Å². The third-order valence-electron chi connectivity index (χ3n) is 3.72. The van der Waals surface area contributed by atoms with Gasteiger partial charge >= 0.3 is 0 Å². The Morgan fingerprint density at radius 1 is 0.840 bits per heavy atom. The number of hydrogen-bond donors (Lipinski definition) is 0. The fourth-order valence-corrected chi connectivity index (χ4v) is 4.12. The number of halogens is 2. The van der Waals surface area contributed by atoms with Crippen LogP contribution in [0.15, 0.2) is 83.8 Å². The van der Waals surface area contributed by atoms with Gasteiger partial charge in [-0.05, 0) is 35.9 Å². The first-order valence-corrected chi connectivity index (χ1v) is 9.37. The van der Waals surface area contributed by atoms with Gasteiger partial charge in [0, 0.05) is 5.02 Å². The van der Waals surface area contributed by atoms with Gasteiger partial charge in [0.05, 0.1) is 17.1 Å². The second-order valence-electron chi connectivity index (χ2n) is 5.37.